The molecule has 0 amide bonds. The van der Waals surface area contributed by atoms with E-state index in [0.29, 0.717) is 11.3 Å². The third-order valence-corrected chi connectivity index (χ3v) is 2.70. The van der Waals surface area contributed by atoms with E-state index in [-0.39, 0.29) is 5.78 Å². The van der Waals surface area contributed by atoms with E-state index in [1.54, 1.807) is 16.9 Å². The molecule has 0 aliphatic rings. The number of nitrogens with zero attached hydrogens (tertiary/aromatic N) is 4. The Hall–Kier alpha value is -2.82. The minimum absolute atomic E-state index is 0.151. The van der Waals surface area contributed by atoms with Gasteiger partial charge in [0.2, 0.25) is 5.78 Å². The average Bonchev–Trinajstić information content (AvgIpc) is 2.98. The van der Waals surface area contributed by atoms with Gasteiger partial charge >= 0.3 is 0 Å². The number of para-hydroxylation sites is 1. The topological polar surface area (TPSA) is 60.7 Å². The number of ketones is 1. The van der Waals surface area contributed by atoms with Crippen LogP contribution in [0.2, 0.25) is 0 Å². The molecule has 0 radical (unpaired) electrons. The van der Waals surface area contributed by atoms with Crippen LogP contribution in [-0.4, -0.2) is 25.5 Å². The molecule has 2 heterocycles. The van der Waals surface area contributed by atoms with Crippen LogP contribution in [0.15, 0.2) is 61.3 Å². The van der Waals surface area contributed by atoms with Crippen molar-refractivity contribution < 1.29 is 4.79 Å². The summed E-state index contributed by atoms with van der Waals surface area (Å²) in [5, 5.41) is 4.19. The van der Waals surface area contributed by atoms with Crippen LogP contribution in [-0.2, 0) is 0 Å². The smallest absolute Gasteiger partial charge is 0.214 e. The first-order valence-corrected chi connectivity index (χ1v) is 5.75. The molecule has 0 bridgehead atoms. The molecule has 0 aliphatic heterocycles. The number of carbonyl (C=O) groups excluding carboxylic acids is 1. The van der Waals surface area contributed by atoms with Crippen molar-refractivity contribution in [2.45, 2.75) is 0 Å². The summed E-state index contributed by atoms with van der Waals surface area (Å²) in [4.78, 5) is 20.1. The predicted octanol–water partition coefficient (Wildman–Crippen LogP) is 1.89. The lowest BCUT2D eigenvalue weighted by atomic mass is 10.1. The second-order valence-electron chi connectivity index (χ2n) is 3.92. The van der Waals surface area contributed by atoms with Gasteiger partial charge in [0.05, 0.1) is 17.4 Å². The Kier molecular flexibility index (Phi) is 2.86. The first kappa shape index (κ1) is 11.3. The molecule has 92 valence electrons. The van der Waals surface area contributed by atoms with E-state index in [2.05, 4.69) is 15.1 Å². The molecule has 1 aromatic carbocycles. The third-order valence-electron chi connectivity index (χ3n) is 2.70. The standard InChI is InChI=1S/C14H10N4O/c19-14(11-8-15-10-16-9-11)13-6-7-17-18(13)12-4-2-1-3-5-12/h1-10H. The number of carbonyl (C=O) groups is 1. The Morgan fingerprint density at radius 3 is 2.47 bits per heavy atom. The molecule has 0 aliphatic carbocycles. The number of hydrogen-bond acceptors (Lipinski definition) is 4. The van der Waals surface area contributed by atoms with Crippen molar-refractivity contribution in [3.63, 3.8) is 0 Å². The van der Waals surface area contributed by atoms with E-state index in [9.17, 15) is 4.79 Å². The maximum Gasteiger partial charge on any atom is 0.214 e. The summed E-state index contributed by atoms with van der Waals surface area (Å²) in [6, 6.07) is 11.2. The fourth-order valence-electron chi connectivity index (χ4n) is 1.81. The largest absolute Gasteiger partial charge is 0.287 e. The van der Waals surface area contributed by atoms with E-state index >= 15 is 0 Å². The van der Waals surface area contributed by atoms with E-state index in [4.69, 9.17) is 0 Å². The van der Waals surface area contributed by atoms with Gasteiger partial charge in [-0.05, 0) is 18.2 Å². The second-order valence-corrected chi connectivity index (χ2v) is 3.92. The van der Waals surface area contributed by atoms with Crippen molar-refractivity contribution >= 4 is 5.78 Å². The molecular weight excluding hydrogens is 240 g/mol. The lowest BCUT2D eigenvalue weighted by Gasteiger charge is -2.06. The van der Waals surface area contributed by atoms with Gasteiger partial charge in [-0.3, -0.25) is 4.79 Å². The highest BCUT2D eigenvalue weighted by Crippen LogP contribution is 2.13. The van der Waals surface area contributed by atoms with Gasteiger partial charge < -0.3 is 0 Å². The van der Waals surface area contributed by atoms with Gasteiger partial charge in [0.15, 0.2) is 0 Å². The number of benzene rings is 1. The highest BCUT2D eigenvalue weighted by molar-refractivity contribution is 6.07. The highest BCUT2D eigenvalue weighted by atomic mass is 16.1. The van der Waals surface area contributed by atoms with Crippen molar-refractivity contribution in [2.24, 2.45) is 0 Å². The zero-order valence-electron chi connectivity index (χ0n) is 9.97. The van der Waals surface area contributed by atoms with Crippen LogP contribution in [0.3, 0.4) is 0 Å². The van der Waals surface area contributed by atoms with Crippen molar-refractivity contribution in [1.29, 1.82) is 0 Å². The van der Waals surface area contributed by atoms with Crippen LogP contribution in [0.1, 0.15) is 16.1 Å². The monoisotopic (exact) mass is 250 g/mol. The zero-order valence-corrected chi connectivity index (χ0v) is 9.97. The van der Waals surface area contributed by atoms with Gasteiger partial charge in [0, 0.05) is 12.4 Å². The average molecular weight is 250 g/mol. The first-order valence-electron chi connectivity index (χ1n) is 5.75. The number of hydrogen-bond donors (Lipinski definition) is 0. The van der Waals surface area contributed by atoms with E-state index in [1.807, 2.05) is 30.3 Å². The minimum atomic E-state index is -0.151. The molecule has 3 aromatic rings. The lowest BCUT2D eigenvalue weighted by Crippen LogP contribution is -2.10. The summed E-state index contributed by atoms with van der Waals surface area (Å²) < 4.78 is 1.61. The third kappa shape index (κ3) is 2.13. The van der Waals surface area contributed by atoms with Crippen molar-refractivity contribution in [3.05, 3.63) is 72.6 Å². The molecule has 2 aromatic heterocycles. The Balaban J connectivity index is 2.04. The van der Waals surface area contributed by atoms with Gasteiger partial charge in [-0.2, -0.15) is 5.10 Å². The van der Waals surface area contributed by atoms with Crippen LogP contribution in [0.4, 0.5) is 0 Å². The van der Waals surface area contributed by atoms with Crippen LogP contribution >= 0.6 is 0 Å². The SMILES string of the molecule is O=C(c1cncnc1)c1ccnn1-c1ccccc1. The van der Waals surface area contributed by atoms with Crippen LogP contribution < -0.4 is 0 Å². The summed E-state index contributed by atoms with van der Waals surface area (Å²) in [5.74, 6) is -0.151. The van der Waals surface area contributed by atoms with Gasteiger partial charge in [0.25, 0.3) is 0 Å². The maximum atomic E-state index is 12.4. The number of rotatable bonds is 3. The Bertz CT molecular complexity index is 692. The molecule has 0 saturated heterocycles. The van der Waals surface area contributed by atoms with E-state index < -0.39 is 0 Å². The maximum absolute atomic E-state index is 12.4. The molecule has 0 unspecified atom stereocenters. The van der Waals surface area contributed by atoms with Gasteiger partial charge in [-0.15, -0.1) is 0 Å². The zero-order chi connectivity index (χ0) is 13.1. The molecule has 19 heavy (non-hydrogen) atoms. The summed E-state index contributed by atoms with van der Waals surface area (Å²) in [7, 11) is 0. The normalized spacial score (nSPS) is 10.3. The van der Waals surface area contributed by atoms with E-state index in [1.165, 1.54) is 18.7 Å². The van der Waals surface area contributed by atoms with Crippen molar-refractivity contribution in [2.75, 3.05) is 0 Å². The summed E-state index contributed by atoms with van der Waals surface area (Å²) >= 11 is 0. The fraction of sp³-hybridized carbons (Fsp3) is 0. The Morgan fingerprint density at radius 1 is 1.00 bits per heavy atom. The molecule has 0 saturated carbocycles. The van der Waals surface area contributed by atoms with E-state index in [0.717, 1.165) is 5.69 Å². The molecule has 5 heteroatoms. The van der Waals surface area contributed by atoms with Crippen molar-refractivity contribution in [3.8, 4) is 5.69 Å². The second kappa shape index (κ2) is 4.81. The summed E-state index contributed by atoms with van der Waals surface area (Å²) in [6.07, 6.45) is 5.99. The number of aromatic nitrogens is 4. The first-order chi connectivity index (χ1) is 9.36. The van der Waals surface area contributed by atoms with Gasteiger partial charge in [-0.1, -0.05) is 18.2 Å². The molecule has 0 fully saturated rings. The van der Waals surface area contributed by atoms with Crippen LogP contribution in [0.25, 0.3) is 5.69 Å². The Labute approximate surface area is 109 Å². The molecule has 0 atom stereocenters. The Morgan fingerprint density at radius 2 is 1.74 bits per heavy atom. The molecule has 0 spiro atoms. The van der Waals surface area contributed by atoms with Gasteiger partial charge in [0.1, 0.15) is 12.0 Å². The molecule has 3 rings (SSSR count). The minimum Gasteiger partial charge on any atom is -0.287 e. The fourth-order valence-corrected chi connectivity index (χ4v) is 1.81. The molecule has 0 N–H and O–H groups in total. The summed E-state index contributed by atoms with van der Waals surface area (Å²) in [5.41, 5.74) is 1.77. The highest BCUT2D eigenvalue weighted by Gasteiger charge is 2.15. The lowest BCUT2D eigenvalue weighted by molar-refractivity contribution is 0.103. The van der Waals surface area contributed by atoms with Crippen LogP contribution in [0, 0.1) is 0 Å². The van der Waals surface area contributed by atoms with Crippen molar-refractivity contribution in [1.82, 2.24) is 19.7 Å². The molecular formula is C14H10N4O. The van der Waals surface area contributed by atoms with Crippen LogP contribution in [0.5, 0.6) is 0 Å². The molecule has 5 nitrogen and oxygen atoms in total. The quantitative estimate of drug-likeness (QED) is 0.666. The summed E-state index contributed by atoms with van der Waals surface area (Å²) in [6.45, 7) is 0. The predicted molar refractivity (Wildman–Crippen MR) is 69.0 cm³/mol. The van der Waals surface area contributed by atoms with Gasteiger partial charge in [-0.25, -0.2) is 14.6 Å².